The number of azide groups is 1. The number of halogens is 1. The fourth-order valence-electron chi connectivity index (χ4n) is 0.323. The first-order valence-electron chi connectivity index (χ1n) is 3.21. The van der Waals surface area contributed by atoms with Crippen LogP contribution >= 0.6 is 15.9 Å². The molecule has 0 aliphatic heterocycles. The molecule has 0 rings (SSSR count). The fourth-order valence-corrected chi connectivity index (χ4v) is 0.416. The molecular formula is C6H9BrN3O2. The number of rotatable bonds is 4. The normalized spacial score (nSPS) is 10.2. The van der Waals surface area contributed by atoms with E-state index in [4.69, 9.17) is 5.53 Å². The SMILES string of the molecule is CC(C)(Br)C(=O)O[CH]CN=[N+]=[N-]. The fraction of sp³-hybridized carbons (Fsp3) is 0.667. The summed E-state index contributed by atoms with van der Waals surface area (Å²) in [6.07, 6.45) is 0. The molecule has 0 saturated carbocycles. The highest BCUT2D eigenvalue weighted by atomic mass is 79.9. The molecule has 12 heavy (non-hydrogen) atoms. The minimum absolute atomic E-state index is 0.0469. The molecule has 0 unspecified atom stereocenters. The summed E-state index contributed by atoms with van der Waals surface area (Å²) in [4.78, 5) is 13.5. The number of nitrogens with zero attached hydrogens (tertiary/aromatic N) is 3. The molecule has 0 fully saturated rings. The van der Waals surface area contributed by atoms with Gasteiger partial charge in [0.1, 0.15) is 10.9 Å². The minimum atomic E-state index is -0.708. The molecule has 6 heteroatoms. The van der Waals surface area contributed by atoms with Crippen LogP contribution in [0.1, 0.15) is 13.8 Å². The summed E-state index contributed by atoms with van der Waals surface area (Å²) in [5.41, 5.74) is 7.88. The van der Waals surface area contributed by atoms with E-state index in [0.717, 1.165) is 6.61 Å². The predicted molar refractivity (Wildman–Crippen MR) is 47.4 cm³/mol. The molecule has 0 aromatic rings. The number of alkyl halides is 1. The average Bonchev–Trinajstić information content (AvgIpc) is 1.96. The van der Waals surface area contributed by atoms with E-state index >= 15 is 0 Å². The zero-order valence-electron chi connectivity index (χ0n) is 6.82. The summed E-state index contributed by atoms with van der Waals surface area (Å²) in [7, 11) is 0. The van der Waals surface area contributed by atoms with Crippen molar-refractivity contribution in [1.82, 2.24) is 0 Å². The van der Waals surface area contributed by atoms with E-state index in [9.17, 15) is 4.79 Å². The van der Waals surface area contributed by atoms with Crippen LogP contribution in [0, 0.1) is 6.61 Å². The number of esters is 1. The van der Waals surface area contributed by atoms with Crippen LogP contribution in [0.4, 0.5) is 0 Å². The van der Waals surface area contributed by atoms with Gasteiger partial charge in [0.25, 0.3) is 0 Å². The van der Waals surface area contributed by atoms with E-state index in [1.807, 2.05) is 0 Å². The van der Waals surface area contributed by atoms with Crippen molar-refractivity contribution in [3.63, 3.8) is 0 Å². The van der Waals surface area contributed by atoms with Crippen molar-refractivity contribution in [2.45, 2.75) is 18.2 Å². The second-order valence-electron chi connectivity index (χ2n) is 2.46. The van der Waals surface area contributed by atoms with Crippen LogP contribution in [-0.2, 0) is 9.53 Å². The van der Waals surface area contributed by atoms with Crippen molar-refractivity contribution >= 4 is 21.9 Å². The molecule has 67 valence electrons. The second-order valence-corrected chi connectivity index (χ2v) is 4.44. The molecule has 0 bridgehead atoms. The monoisotopic (exact) mass is 234 g/mol. The van der Waals surface area contributed by atoms with Gasteiger partial charge in [0, 0.05) is 4.91 Å². The molecule has 0 saturated heterocycles. The summed E-state index contributed by atoms with van der Waals surface area (Å²) < 4.78 is 3.92. The smallest absolute Gasteiger partial charge is 0.322 e. The van der Waals surface area contributed by atoms with Gasteiger partial charge in [0.2, 0.25) is 0 Å². The second kappa shape index (κ2) is 5.00. The maximum atomic E-state index is 11.0. The number of ether oxygens (including phenoxy) is 1. The van der Waals surface area contributed by atoms with Gasteiger partial charge in [-0.3, -0.25) is 4.79 Å². The van der Waals surface area contributed by atoms with Crippen LogP contribution < -0.4 is 0 Å². The van der Waals surface area contributed by atoms with Gasteiger partial charge >= 0.3 is 5.97 Å². The van der Waals surface area contributed by atoms with Crippen molar-refractivity contribution in [3.8, 4) is 0 Å². The highest BCUT2D eigenvalue weighted by Crippen LogP contribution is 2.17. The zero-order valence-corrected chi connectivity index (χ0v) is 8.41. The Balaban J connectivity index is 3.65. The highest BCUT2D eigenvalue weighted by molar-refractivity contribution is 9.10. The number of hydrogen-bond acceptors (Lipinski definition) is 3. The molecule has 0 amide bonds. The first-order chi connectivity index (χ1) is 5.48. The maximum absolute atomic E-state index is 11.0. The molecule has 0 atom stereocenters. The van der Waals surface area contributed by atoms with Crippen LogP contribution in [0.25, 0.3) is 10.4 Å². The molecule has 0 heterocycles. The maximum Gasteiger partial charge on any atom is 0.322 e. The van der Waals surface area contributed by atoms with Crippen molar-refractivity contribution in [1.29, 1.82) is 0 Å². The van der Waals surface area contributed by atoms with Gasteiger partial charge in [0.05, 0.1) is 6.54 Å². The molecule has 1 radical (unpaired) electrons. The molecule has 0 spiro atoms. The van der Waals surface area contributed by atoms with E-state index in [-0.39, 0.29) is 6.54 Å². The first kappa shape index (κ1) is 11.3. The summed E-state index contributed by atoms with van der Waals surface area (Å²) in [6, 6.07) is 0. The first-order valence-corrected chi connectivity index (χ1v) is 4.00. The van der Waals surface area contributed by atoms with E-state index in [1.165, 1.54) is 0 Å². The lowest BCUT2D eigenvalue weighted by Gasteiger charge is -2.13. The van der Waals surface area contributed by atoms with Crippen molar-refractivity contribution in [2.24, 2.45) is 5.11 Å². The lowest BCUT2D eigenvalue weighted by molar-refractivity contribution is -0.141. The van der Waals surface area contributed by atoms with E-state index < -0.39 is 10.3 Å². The Morgan fingerprint density at radius 2 is 2.42 bits per heavy atom. The molecule has 0 aliphatic rings. The Kier molecular flexibility index (Phi) is 4.70. The molecule has 5 nitrogen and oxygen atoms in total. The van der Waals surface area contributed by atoms with Gasteiger partial charge in [-0.25, -0.2) is 0 Å². The third-order valence-corrected chi connectivity index (χ3v) is 1.22. The van der Waals surface area contributed by atoms with Crippen molar-refractivity contribution in [2.75, 3.05) is 6.54 Å². The third-order valence-electron chi connectivity index (χ3n) is 0.895. The standard InChI is InChI=1S/C6H9BrN3O2/c1-6(2,7)5(11)12-4-3-9-10-8/h4H,3H2,1-2H3. The van der Waals surface area contributed by atoms with Gasteiger partial charge in [-0.1, -0.05) is 21.0 Å². The van der Waals surface area contributed by atoms with Gasteiger partial charge in [-0.15, -0.1) is 0 Å². The van der Waals surface area contributed by atoms with E-state index in [1.54, 1.807) is 13.8 Å². The Morgan fingerprint density at radius 3 is 2.83 bits per heavy atom. The topological polar surface area (TPSA) is 75.1 Å². The Hall–Kier alpha value is -0.740. The van der Waals surface area contributed by atoms with Crippen LogP contribution in [0.5, 0.6) is 0 Å². The summed E-state index contributed by atoms with van der Waals surface area (Å²) in [5.74, 6) is -0.421. The Bertz CT molecular complexity index is 205. The van der Waals surface area contributed by atoms with Gasteiger partial charge in [0.15, 0.2) is 0 Å². The molecule has 0 aliphatic carbocycles. The Morgan fingerprint density at radius 1 is 1.83 bits per heavy atom. The summed E-state index contributed by atoms with van der Waals surface area (Å²) in [6.45, 7) is 4.53. The van der Waals surface area contributed by atoms with Crippen molar-refractivity contribution in [3.05, 3.63) is 17.0 Å². The lowest BCUT2D eigenvalue weighted by atomic mass is 10.2. The third kappa shape index (κ3) is 4.98. The predicted octanol–water partition coefficient (Wildman–Crippen LogP) is 2.18. The van der Waals surface area contributed by atoms with Crippen LogP contribution in [0.15, 0.2) is 5.11 Å². The number of carbonyl (C=O) groups excluding carboxylic acids is 1. The quantitative estimate of drug-likeness (QED) is 0.187. The molecule has 0 aromatic heterocycles. The minimum Gasteiger partial charge on any atom is -0.457 e. The zero-order chi connectivity index (χ0) is 9.61. The largest absolute Gasteiger partial charge is 0.457 e. The van der Waals surface area contributed by atoms with Crippen LogP contribution in [0.3, 0.4) is 0 Å². The van der Waals surface area contributed by atoms with Crippen LogP contribution in [0.2, 0.25) is 0 Å². The van der Waals surface area contributed by atoms with Gasteiger partial charge < -0.3 is 4.74 Å². The molecule has 0 N–H and O–H groups in total. The number of hydrogen-bond donors (Lipinski definition) is 0. The average molecular weight is 235 g/mol. The van der Waals surface area contributed by atoms with E-state index in [2.05, 4.69) is 30.7 Å². The highest BCUT2D eigenvalue weighted by Gasteiger charge is 2.25. The molecular weight excluding hydrogens is 226 g/mol. The summed E-state index contributed by atoms with van der Waals surface area (Å²) in [5, 5.41) is 3.16. The van der Waals surface area contributed by atoms with Crippen LogP contribution in [-0.4, -0.2) is 16.8 Å². The van der Waals surface area contributed by atoms with Gasteiger partial charge in [-0.2, -0.15) is 0 Å². The van der Waals surface area contributed by atoms with E-state index in [0.29, 0.717) is 0 Å². The van der Waals surface area contributed by atoms with Gasteiger partial charge in [-0.05, 0) is 19.4 Å². The van der Waals surface area contributed by atoms with Crippen molar-refractivity contribution < 1.29 is 9.53 Å². The Labute approximate surface area is 78.8 Å². The lowest BCUT2D eigenvalue weighted by Crippen LogP contribution is -2.25. The number of carbonyl (C=O) groups is 1. The summed E-state index contributed by atoms with van der Waals surface area (Å²) >= 11 is 3.12. The molecule has 0 aromatic carbocycles.